The van der Waals surface area contributed by atoms with Gasteiger partial charge in [0.05, 0.1) is 16.9 Å². The highest BCUT2D eigenvalue weighted by Gasteiger charge is 2.54. The molecule has 30 heavy (non-hydrogen) atoms. The van der Waals surface area contributed by atoms with Crippen LogP contribution >= 0.6 is 11.8 Å². The number of nitro benzene ring substituents is 1. The standard InChI is InChI=1S/C20H23N3O6S/c1-3-15-16-10-17(30-9-8-21-12(2)24)18(22(16)19(15)25)20(26)29-11-13-4-6-14(7-5-13)23(27)28/h4-7,15-16H,3,8-11H2,1-2H3,(H,21,24). The van der Waals surface area contributed by atoms with Crippen LogP contribution in [-0.4, -0.2) is 45.9 Å². The van der Waals surface area contributed by atoms with Crippen LogP contribution in [0.4, 0.5) is 5.69 Å². The molecule has 2 atom stereocenters. The van der Waals surface area contributed by atoms with E-state index in [0.29, 0.717) is 24.3 Å². The summed E-state index contributed by atoms with van der Waals surface area (Å²) in [5, 5.41) is 13.5. The molecule has 160 valence electrons. The summed E-state index contributed by atoms with van der Waals surface area (Å²) >= 11 is 1.45. The zero-order chi connectivity index (χ0) is 21.8. The summed E-state index contributed by atoms with van der Waals surface area (Å²) in [4.78, 5) is 48.9. The van der Waals surface area contributed by atoms with Gasteiger partial charge in [-0.05, 0) is 24.1 Å². The smallest absolute Gasteiger partial charge is 0.356 e. The number of thioether (sulfide) groups is 1. The largest absolute Gasteiger partial charge is 0.456 e. The van der Waals surface area contributed by atoms with Gasteiger partial charge < -0.3 is 15.0 Å². The van der Waals surface area contributed by atoms with Crippen LogP contribution in [0, 0.1) is 16.0 Å². The summed E-state index contributed by atoms with van der Waals surface area (Å²) in [5.74, 6) is -0.276. The number of nitrogens with zero attached hydrogens (tertiary/aromatic N) is 2. The van der Waals surface area contributed by atoms with Crippen molar-refractivity contribution in [1.29, 1.82) is 0 Å². The van der Waals surface area contributed by atoms with Crippen LogP contribution in [0.5, 0.6) is 0 Å². The number of carbonyl (C=O) groups is 3. The van der Waals surface area contributed by atoms with Gasteiger partial charge in [0.25, 0.3) is 5.69 Å². The van der Waals surface area contributed by atoms with Crippen molar-refractivity contribution in [2.45, 2.75) is 39.3 Å². The van der Waals surface area contributed by atoms with Gasteiger partial charge in [-0.2, -0.15) is 0 Å². The third-order valence-electron chi connectivity index (χ3n) is 5.15. The number of esters is 1. The van der Waals surface area contributed by atoms with Crippen LogP contribution in [0.25, 0.3) is 0 Å². The number of β-lactam (4-membered cyclic amide) rings is 1. The Labute approximate surface area is 178 Å². The molecule has 2 aliphatic rings. The van der Waals surface area contributed by atoms with E-state index in [1.807, 2.05) is 6.92 Å². The number of ether oxygens (including phenoxy) is 1. The molecule has 1 aromatic carbocycles. The molecule has 2 amide bonds. The van der Waals surface area contributed by atoms with Gasteiger partial charge in [-0.3, -0.25) is 19.7 Å². The Hall–Kier alpha value is -2.88. The molecule has 0 aliphatic carbocycles. The molecule has 1 saturated heterocycles. The lowest BCUT2D eigenvalue weighted by atomic mass is 9.85. The molecular formula is C20H23N3O6S. The monoisotopic (exact) mass is 433 g/mol. The van der Waals surface area contributed by atoms with Gasteiger partial charge in [0, 0.05) is 42.7 Å². The average molecular weight is 433 g/mol. The van der Waals surface area contributed by atoms with E-state index in [0.717, 1.165) is 11.3 Å². The Morgan fingerprint density at radius 3 is 2.63 bits per heavy atom. The number of amides is 2. The summed E-state index contributed by atoms with van der Waals surface area (Å²) in [6.07, 6.45) is 1.33. The molecule has 0 saturated carbocycles. The molecule has 0 spiro atoms. The lowest BCUT2D eigenvalue weighted by Gasteiger charge is -2.43. The molecule has 0 bridgehead atoms. The molecule has 10 heteroatoms. The van der Waals surface area contributed by atoms with Gasteiger partial charge in [-0.1, -0.05) is 6.92 Å². The van der Waals surface area contributed by atoms with Crippen molar-refractivity contribution in [2.75, 3.05) is 12.3 Å². The Bertz CT molecular complexity index is 898. The predicted molar refractivity (Wildman–Crippen MR) is 110 cm³/mol. The normalized spacial score (nSPS) is 19.9. The van der Waals surface area contributed by atoms with Gasteiger partial charge in [-0.15, -0.1) is 11.8 Å². The minimum atomic E-state index is -0.583. The number of rotatable bonds is 9. The van der Waals surface area contributed by atoms with E-state index in [4.69, 9.17) is 4.74 Å². The van der Waals surface area contributed by atoms with Gasteiger partial charge in [0.2, 0.25) is 11.8 Å². The topological polar surface area (TPSA) is 119 Å². The van der Waals surface area contributed by atoms with Crippen molar-refractivity contribution in [3.8, 4) is 0 Å². The van der Waals surface area contributed by atoms with E-state index in [1.165, 1.54) is 47.9 Å². The maximum atomic E-state index is 12.8. The van der Waals surface area contributed by atoms with Gasteiger partial charge in [-0.25, -0.2) is 4.79 Å². The number of fused-ring (bicyclic) bond motifs is 1. The Balaban J connectivity index is 1.68. The van der Waals surface area contributed by atoms with E-state index < -0.39 is 10.9 Å². The lowest BCUT2D eigenvalue weighted by molar-refractivity contribution is -0.384. The number of hydrogen-bond acceptors (Lipinski definition) is 7. The maximum absolute atomic E-state index is 12.8. The van der Waals surface area contributed by atoms with Gasteiger partial charge >= 0.3 is 5.97 Å². The highest BCUT2D eigenvalue weighted by Crippen LogP contribution is 2.47. The number of nitro groups is 1. The zero-order valence-electron chi connectivity index (χ0n) is 16.8. The second-order valence-electron chi connectivity index (χ2n) is 7.10. The van der Waals surface area contributed by atoms with Crippen LogP contribution in [0.3, 0.4) is 0 Å². The molecule has 9 nitrogen and oxygen atoms in total. The lowest BCUT2D eigenvalue weighted by Crippen LogP contribution is -2.58. The van der Waals surface area contributed by atoms with E-state index in [-0.39, 0.29) is 41.8 Å². The molecule has 2 aliphatic heterocycles. The van der Waals surface area contributed by atoms with E-state index in [1.54, 1.807) is 0 Å². The van der Waals surface area contributed by atoms with E-state index in [9.17, 15) is 24.5 Å². The summed E-state index contributed by atoms with van der Waals surface area (Å²) in [5.41, 5.74) is 0.857. The summed E-state index contributed by atoms with van der Waals surface area (Å²) in [7, 11) is 0. The minimum Gasteiger partial charge on any atom is -0.456 e. The molecule has 0 aromatic heterocycles. The number of non-ortho nitro benzene ring substituents is 1. The molecule has 2 unspecified atom stereocenters. The molecule has 1 fully saturated rings. The Morgan fingerprint density at radius 1 is 1.33 bits per heavy atom. The second kappa shape index (κ2) is 9.29. The van der Waals surface area contributed by atoms with Crippen LogP contribution < -0.4 is 5.32 Å². The summed E-state index contributed by atoms with van der Waals surface area (Å²) in [6, 6.07) is 5.74. The maximum Gasteiger partial charge on any atom is 0.356 e. The first-order valence-electron chi connectivity index (χ1n) is 9.67. The van der Waals surface area contributed by atoms with Crippen molar-refractivity contribution < 1.29 is 24.0 Å². The van der Waals surface area contributed by atoms with Crippen LogP contribution in [-0.2, 0) is 25.7 Å². The third-order valence-corrected chi connectivity index (χ3v) is 6.27. The fourth-order valence-electron chi connectivity index (χ4n) is 3.65. The number of hydrogen-bond donors (Lipinski definition) is 1. The van der Waals surface area contributed by atoms with Crippen molar-refractivity contribution >= 4 is 35.2 Å². The summed E-state index contributed by atoms with van der Waals surface area (Å²) in [6.45, 7) is 3.81. The highest BCUT2D eigenvalue weighted by atomic mass is 32.2. The van der Waals surface area contributed by atoms with E-state index in [2.05, 4.69) is 5.32 Å². The molecule has 2 heterocycles. The Morgan fingerprint density at radius 2 is 2.03 bits per heavy atom. The first kappa shape index (κ1) is 21.8. The third kappa shape index (κ3) is 4.48. The van der Waals surface area contributed by atoms with Crippen LogP contribution in [0.15, 0.2) is 34.9 Å². The fourth-order valence-corrected chi connectivity index (χ4v) is 4.71. The van der Waals surface area contributed by atoms with Crippen molar-refractivity contribution in [1.82, 2.24) is 10.2 Å². The molecule has 0 radical (unpaired) electrons. The van der Waals surface area contributed by atoms with Crippen LogP contribution in [0.1, 0.15) is 32.3 Å². The second-order valence-corrected chi connectivity index (χ2v) is 8.29. The van der Waals surface area contributed by atoms with Crippen molar-refractivity contribution in [3.05, 3.63) is 50.5 Å². The fraction of sp³-hybridized carbons (Fsp3) is 0.450. The number of benzene rings is 1. The predicted octanol–water partition coefficient (Wildman–Crippen LogP) is 2.36. The Kier molecular flexibility index (Phi) is 6.76. The van der Waals surface area contributed by atoms with Gasteiger partial charge in [0.1, 0.15) is 12.3 Å². The first-order valence-corrected chi connectivity index (χ1v) is 10.7. The molecule has 1 aromatic rings. The van der Waals surface area contributed by atoms with Gasteiger partial charge in [0.15, 0.2) is 0 Å². The van der Waals surface area contributed by atoms with Crippen molar-refractivity contribution in [3.63, 3.8) is 0 Å². The number of nitrogens with one attached hydrogen (secondary N) is 1. The van der Waals surface area contributed by atoms with Crippen molar-refractivity contribution in [2.24, 2.45) is 5.92 Å². The first-order chi connectivity index (χ1) is 14.3. The number of carbonyl (C=O) groups excluding carboxylic acids is 3. The summed E-state index contributed by atoms with van der Waals surface area (Å²) < 4.78 is 5.41. The average Bonchev–Trinajstić information content (AvgIpc) is 3.04. The minimum absolute atomic E-state index is 0.0207. The SMILES string of the molecule is CCC1C(=O)N2C(C(=O)OCc3ccc([N+](=O)[O-])cc3)=C(SCCNC(C)=O)CC12. The zero-order valence-corrected chi connectivity index (χ0v) is 17.6. The quantitative estimate of drug-likeness (QED) is 0.209. The van der Waals surface area contributed by atoms with Crippen LogP contribution in [0.2, 0.25) is 0 Å². The molecular weight excluding hydrogens is 410 g/mol. The highest BCUT2D eigenvalue weighted by molar-refractivity contribution is 8.03. The molecule has 3 rings (SSSR count). The molecule has 1 N–H and O–H groups in total. The van der Waals surface area contributed by atoms with E-state index >= 15 is 0 Å².